The van der Waals surface area contributed by atoms with E-state index in [2.05, 4.69) is 6.58 Å². The smallest absolute Gasteiger partial charge is 0.171 e. The summed E-state index contributed by atoms with van der Waals surface area (Å²) >= 11 is 0. The minimum Gasteiger partial charge on any atom is -0.366 e. The number of nitrogens with zero attached hydrogens (tertiary/aromatic N) is 1. The Hall–Kier alpha value is -0.380. The van der Waals surface area contributed by atoms with Crippen LogP contribution in [0.1, 0.15) is 20.8 Å². The maximum Gasteiger partial charge on any atom is 0.171 e. The lowest BCUT2D eigenvalue weighted by molar-refractivity contribution is -0.0872. The third-order valence-electron chi connectivity index (χ3n) is 1.99. The highest BCUT2D eigenvalue weighted by atomic mass is 16.5. The molecule has 0 aliphatic carbocycles. The minimum atomic E-state index is -1.33. The zero-order chi connectivity index (χ0) is 9.72. The summed E-state index contributed by atoms with van der Waals surface area (Å²) in [6.45, 7) is 11.1. The maximum atomic E-state index is 9.07. The van der Waals surface area contributed by atoms with Gasteiger partial charge in [0.2, 0.25) is 0 Å². The standard InChI is InChI=1S/C9H19NO2/c1-5-10(6-2)8(7(3)4)9(11)12/h8-9,11-12H,3,5-6H2,1-2,4H3. The Morgan fingerprint density at radius 1 is 1.33 bits per heavy atom. The van der Waals surface area contributed by atoms with Crippen LogP contribution in [-0.4, -0.2) is 40.5 Å². The Bertz CT molecular complexity index is 141. The predicted molar refractivity (Wildman–Crippen MR) is 49.7 cm³/mol. The number of hydrogen-bond acceptors (Lipinski definition) is 3. The SMILES string of the molecule is C=C(C)C(C(O)O)N(CC)CC. The second kappa shape index (κ2) is 5.30. The van der Waals surface area contributed by atoms with Crippen molar-refractivity contribution < 1.29 is 10.2 Å². The third-order valence-corrected chi connectivity index (χ3v) is 1.99. The van der Waals surface area contributed by atoms with Crippen molar-refractivity contribution in [3.05, 3.63) is 12.2 Å². The van der Waals surface area contributed by atoms with Gasteiger partial charge in [0.05, 0.1) is 6.04 Å². The molecule has 0 heterocycles. The first-order chi connectivity index (χ1) is 5.54. The molecule has 3 heteroatoms. The van der Waals surface area contributed by atoms with Gasteiger partial charge >= 0.3 is 0 Å². The predicted octanol–water partition coefficient (Wildman–Crippen LogP) is 0.584. The van der Waals surface area contributed by atoms with E-state index in [0.29, 0.717) is 0 Å². The lowest BCUT2D eigenvalue weighted by Gasteiger charge is -2.31. The fourth-order valence-electron chi connectivity index (χ4n) is 1.37. The molecule has 0 rings (SSSR count). The van der Waals surface area contributed by atoms with Crippen molar-refractivity contribution in [2.24, 2.45) is 0 Å². The van der Waals surface area contributed by atoms with E-state index in [1.807, 2.05) is 25.7 Å². The quantitative estimate of drug-likeness (QED) is 0.472. The maximum absolute atomic E-state index is 9.07. The monoisotopic (exact) mass is 173 g/mol. The molecule has 0 saturated heterocycles. The van der Waals surface area contributed by atoms with Gasteiger partial charge in [0.1, 0.15) is 0 Å². The molecule has 0 amide bonds. The van der Waals surface area contributed by atoms with Crippen molar-refractivity contribution in [3.63, 3.8) is 0 Å². The number of aliphatic hydroxyl groups excluding tert-OH is 1. The molecule has 0 aromatic carbocycles. The first kappa shape index (κ1) is 11.6. The van der Waals surface area contributed by atoms with Crippen LogP contribution in [-0.2, 0) is 0 Å². The van der Waals surface area contributed by atoms with E-state index in [1.54, 1.807) is 0 Å². The zero-order valence-corrected chi connectivity index (χ0v) is 8.12. The molecule has 1 unspecified atom stereocenters. The minimum absolute atomic E-state index is 0.333. The van der Waals surface area contributed by atoms with Crippen molar-refractivity contribution >= 4 is 0 Å². The molecular weight excluding hydrogens is 154 g/mol. The van der Waals surface area contributed by atoms with Crippen molar-refractivity contribution in [1.29, 1.82) is 0 Å². The van der Waals surface area contributed by atoms with E-state index < -0.39 is 6.29 Å². The molecule has 12 heavy (non-hydrogen) atoms. The average molecular weight is 173 g/mol. The zero-order valence-electron chi connectivity index (χ0n) is 8.12. The molecule has 0 bridgehead atoms. The summed E-state index contributed by atoms with van der Waals surface area (Å²) in [6.07, 6.45) is -1.33. The van der Waals surface area contributed by atoms with Crippen LogP contribution < -0.4 is 0 Å². The first-order valence-electron chi connectivity index (χ1n) is 4.30. The topological polar surface area (TPSA) is 43.7 Å². The fraction of sp³-hybridized carbons (Fsp3) is 0.778. The average Bonchev–Trinajstić information content (AvgIpc) is 1.98. The van der Waals surface area contributed by atoms with E-state index in [1.165, 1.54) is 0 Å². The summed E-state index contributed by atoms with van der Waals surface area (Å²) in [5.74, 6) is 0. The lowest BCUT2D eigenvalue weighted by Crippen LogP contribution is -2.44. The number of aliphatic hydroxyl groups is 2. The lowest BCUT2D eigenvalue weighted by atomic mass is 10.1. The van der Waals surface area contributed by atoms with Crippen molar-refractivity contribution in [3.8, 4) is 0 Å². The van der Waals surface area contributed by atoms with Crippen LogP contribution >= 0.6 is 0 Å². The van der Waals surface area contributed by atoms with Gasteiger partial charge < -0.3 is 10.2 Å². The second-order valence-electron chi connectivity index (χ2n) is 2.93. The summed E-state index contributed by atoms with van der Waals surface area (Å²) in [6, 6.07) is -0.333. The van der Waals surface area contributed by atoms with E-state index in [9.17, 15) is 0 Å². The van der Waals surface area contributed by atoms with Gasteiger partial charge in [-0.25, -0.2) is 0 Å². The summed E-state index contributed by atoms with van der Waals surface area (Å²) in [5, 5.41) is 18.1. The normalized spacial score (nSPS) is 13.9. The van der Waals surface area contributed by atoms with Crippen molar-refractivity contribution in [2.75, 3.05) is 13.1 Å². The van der Waals surface area contributed by atoms with Gasteiger partial charge in [-0.2, -0.15) is 0 Å². The molecule has 0 fully saturated rings. The summed E-state index contributed by atoms with van der Waals surface area (Å²) < 4.78 is 0. The fourth-order valence-corrected chi connectivity index (χ4v) is 1.37. The second-order valence-corrected chi connectivity index (χ2v) is 2.93. The molecule has 0 aliphatic rings. The van der Waals surface area contributed by atoms with E-state index in [-0.39, 0.29) is 6.04 Å². The molecular formula is C9H19NO2. The summed E-state index contributed by atoms with van der Waals surface area (Å²) in [5.41, 5.74) is 0.786. The molecule has 0 spiro atoms. The highest BCUT2D eigenvalue weighted by Crippen LogP contribution is 2.10. The Morgan fingerprint density at radius 2 is 1.75 bits per heavy atom. The van der Waals surface area contributed by atoms with Crippen LogP contribution in [0.4, 0.5) is 0 Å². The molecule has 0 aromatic rings. The highest BCUT2D eigenvalue weighted by molar-refractivity contribution is 5.03. The van der Waals surface area contributed by atoms with Crippen LogP contribution in [0.3, 0.4) is 0 Å². The Balaban J connectivity index is 4.36. The number of likely N-dealkylation sites (N-methyl/N-ethyl adjacent to an activating group) is 1. The van der Waals surface area contributed by atoms with E-state index in [0.717, 1.165) is 18.7 Å². The van der Waals surface area contributed by atoms with E-state index >= 15 is 0 Å². The Labute approximate surface area is 74.3 Å². The van der Waals surface area contributed by atoms with Gasteiger partial charge in [-0.15, -0.1) is 0 Å². The van der Waals surface area contributed by atoms with Gasteiger partial charge in [0.15, 0.2) is 6.29 Å². The molecule has 0 aromatic heterocycles. The van der Waals surface area contributed by atoms with Crippen LogP contribution in [0, 0.1) is 0 Å². The number of hydrogen-bond donors (Lipinski definition) is 2. The van der Waals surface area contributed by atoms with Gasteiger partial charge in [-0.1, -0.05) is 26.0 Å². The largest absolute Gasteiger partial charge is 0.366 e. The van der Waals surface area contributed by atoms with Gasteiger partial charge in [-0.05, 0) is 20.0 Å². The van der Waals surface area contributed by atoms with Crippen molar-refractivity contribution in [1.82, 2.24) is 4.90 Å². The summed E-state index contributed by atoms with van der Waals surface area (Å²) in [7, 11) is 0. The highest BCUT2D eigenvalue weighted by Gasteiger charge is 2.22. The molecule has 1 atom stereocenters. The van der Waals surface area contributed by atoms with Gasteiger partial charge in [0.25, 0.3) is 0 Å². The number of rotatable bonds is 5. The van der Waals surface area contributed by atoms with Crippen LogP contribution in [0.25, 0.3) is 0 Å². The molecule has 2 N–H and O–H groups in total. The molecule has 3 nitrogen and oxygen atoms in total. The van der Waals surface area contributed by atoms with Crippen LogP contribution in [0.2, 0.25) is 0 Å². The molecule has 0 saturated carbocycles. The van der Waals surface area contributed by atoms with Crippen LogP contribution in [0.15, 0.2) is 12.2 Å². The first-order valence-corrected chi connectivity index (χ1v) is 4.30. The van der Waals surface area contributed by atoms with Gasteiger partial charge in [-0.3, -0.25) is 4.90 Å². The Kier molecular flexibility index (Phi) is 5.13. The molecule has 0 radical (unpaired) electrons. The van der Waals surface area contributed by atoms with Gasteiger partial charge in [0, 0.05) is 0 Å². The molecule has 0 aliphatic heterocycles. The third kappa shape index (κ3) is 2.93. The molecule has 72 valence electrons. The Morgan fingerprint density at radius 3 is 1.83 bits per heavy atom. The van der Waals surface area contributed by atoms with E-state index in [4.69, 9.17) is 10.2 Å². The van der Waals surface area contributed by atoms with Crippen LogP contribution in [0.5, 0.6) is 0 Å². The summed E-state index contributed by atoms with van der Waals surface area (Å²) in [4.78, 5) is 1.97. The van der Waals surface area contributed by atoms with Crippen molar-refractivity contribution in [2.45, 2.75) is 33.1 Å².